The van der Waals surface area contributed by atoms with Crippen LogP contribution < -0.4 is 19.5 Å². The van der Waals surface area contributed by atoms with E-state index in [9.17, 15) is 0 Å². The molecule has 0 spiro atoms. The molecule has 4 nitrogen and oxygen atoms in total. The average molecular weight is 352 g/mol. The van der Waals surface area contributed by atoms with Crippen LogP contribution in [0.1, 0.15) is 18.1 Å². The lowest BCUT2D eigenvalue weighted by atomic mass is 10.1. The molecule has 0 fully saturated rings. The number of halogens is 1. The van der Waals surface area contributed by atoms with Gasteiger partial charge in [-0.05, 0) is 36.6 Å². The molecular weight excluding hydrogens is 326 g/mol. The van der Waals surface area contributed by atoms with Crippen LogP contribution in [0.5, 0.6) is 17.2 Å². The van der Waals surface area contributed by atoms with Gasteiger partial charge in [-0.2, -0.15) is 0 Å². The highest BCUT2D eigenvalue weighted by atomic mass is 35.5. The van der Waals surface area contributed by atoms with E-state index in [1.807, 2.05) is 18.2 Å². The summed E-state index contributed by atoms with van der Waals surface area (Å²) in [5.74, 6) is 1.98. The van der Waals surface area contributed by atoms with Crippen LogP contribution in [-0.4, -0.2) is 27.4 Å². The normalized spacial score (nSPS) is 11.3. The van der Waals surface area contributed by atoms with Crippen LogP contribution in [0.15, 0.2) is 42.5 Å². The monoisotopic (exact) mass is 351 g/mol. The van der Waals surface area contributed by atoms with Crippen LogP contribution in [0.4, 0.5) is 0 Å². The molecule has 0 aromatic heterocycles. The van der Waals surface area contributed by atoms with Gasteiger partial charge in [-0.3, -0.25) is 0 Å². The van der Waals surface area contributed by atoms with Crippen molar-refractivity contribution < 1.29 is 14.2 Å². The van der Waals surface area contributed by atoms with E-state index in [-0.39, 0.29) is 12.4 Å². The van der Waals surface area contributed by atoms with E-state index in [2.05, 4.69) is 36.5 Å². The number of hydrogen-bond donors (Lipinski definition) is 1. The summed E-state index contributed by atoms with van der Waals surface area (Å²) in [6.45, 7) is 2.93. The zero-order valence-electron chi connectivity index (χ0n) is 14.7. The summed E-state index contributed by atoms with van der Waals surface area (Å²) < 4.78 is 16.1. The first-order valence-electron chi connectivity index (χ1n) is 7.74. The Bertz CT molecular complexity index is 594. The molecule has 1 atom stereocenters. The Labute approximate surface area is 150 Å². The molecule has 0 aliphatic carbocycles. The standard InChI is InChI=1S/C19H25NO3.ClH/c1-14(10-15-8-6-5-7-9-15)20-13-16-11-17(21-2)19(23-4)18(12-16)22-3;/h5-9,11-12,14,20H,10,13H2,1-4H3;1H. The number of methoxy groups -OCH3 is 3. The lowest BCUT2D eigenvalue weighted by molar-refractivity contribution is 0.323. The summed E-state index contributed by atoms with van der Waals surface area (Å²) >= 11 is 0. The topological polar surface area (TPSA) is 39.7 Å². The zero-order chi connectivity index (χ0) is 16.7. The molecule has 0 amide bonds. The van der Waals surface area contributed by atoms with Crippen LogP contribution in [0.25, 0.3) is 0 Å². The highest BCUT2D eigenvalue weighted by Crippen LogP contribution is 2.38. The van der Waals surface area contributed by atoms with Crippen molar-refractivity contribution in [1.82, 2.24) is 5.32 Å². The van der Waals surface area contributed by atoms with Crippen LogP contribution in [0, 0.1) is 0 Å². The summed E-state index contributed by atoms with van der Waals surface area (Å²) in [7, 11) is 4.87. The van der Waals surface area contributed by atoms with E-state index < -0.39 is 0 Å². The number of ether oxygens (including phenoxy) is 3. The summed E-state index contributed by atoms with van der Waals surface area (Å²) in [5.41, 5.74) is 2.43. The number of nitrogens with one attached hydrogen (secondary N) is 1. The lowest BCUT2D eigenvalue weighted by Gasteiger charge is -2.17. The maximum atomic E-state index is 5.39. The maximum Gasteiger partial charge on any atom is 0.203 e. The van der Waals surface area contributed by atoms with Crippen LogP contribution in [0.2, 0.25) is 0 Å². The largest absolute Gasteiger partial charge is 0.493 e. The molecule has 132 valence electrons. The Kier molecular flexibility index (Phi) is 8.44. The fraction of sp³-hybridized carbons (Fsp3) is 0.368. The van der Waals surface area contributed by atoms with Gasteiger partial charge in [-0.15, -0.1) is 12.4 Å². The molecule has 5 heteroatoms. The molecule has 2 aromatic carbocycles. The quantitative estimate of drug-likeness (QED) is 0.784. The van der Waals surface area contributed by atoms with E-state index in [1.165, 1.54) is 5.56 Å². The molecule has 0 bridgehead atoms. The average Bonchev–Trinajstić information content (AvgIpc) is 2.59. The molecule has 0 radical (unpaired) electrons. The van der Waals surface area contributed by atoms with Crippen molar-refractivity contribution >= 4 is 12.4 Å². The minimum absolute atomic E-state index is 0. The first kappa shape index (κ1) is 20.1. The third kappa shape index (κ3) is 5.32. The van der Waals surface area contributed by atoms with Gasteiger partial charge in [0.15, 0.2) is 11.5 Å². The molecule has 1 unspecified atom stereocenters. The highest BCUT2D eigenvalue weighted by Gasteiger charge is 2.13. The molecule has 2 rings (SSSR count). The third-order valence-corrected chi connectivity index (χ3v) is 3.76. The van der Waals surface area contributed by atoms with Gasteiger partial charge in [0.05, 0.1) is 21.3 Å². The predicted molar refractivity (Wildman–Crippen MR) is 99.8 cm³/mol. The van der Waals surface area contributed by atoms with Gasteiger partial charge in [0.25, 0.3) is 0 Å². The van der Waals surface area contributed by atoms with E-state index in [0.29, 0.717) is 23.3 Å². The predicted octanol–water partition coefficient (Wildman–Crippen LogP) is 3.86. The summed E-state index contributed by atoms with van der Waals surface area (Å²) in [5, 5.41) is 3.54. The van der Waals surface area contributed by atoms with E-state index in [0.717, 1.165) is 18.5 Å². The molecular formula is C19H26ClNO3. The Balaban J connectivity index is 0.00000288. The lowest BCUT2D eigenvalue weighted by Crippen LogP contribution is -2.27. The first-order valence-corrected chi connectivity index (χ1v) is 7.74. The Morgan fingerprint density at radius 3 is 1.96 bits per heavy atom. The van der Waals surface area contributed by atoms with Gasteiger partial charge in [-0.25, -0.2) is 0 Å². The highest BCUT2D eigenvalue weighted by molar-refractivity contribution is 5.85. The smallest absolute Gasteiger partial charge is 0.203 e. The Morgan fingerprint density at radius 1 is 0.875 bits per heavy atom. The van der Waals surface area contributed by atoms with Crippen molar-refractivity contribution in [3.63, 3.8) is 0 Å². The molecule has 1 N–H and O–H groups in total. The molecule has 24 heavy (non-hydrogen) atoms. The number of rotatable bonds is 8. The van der Waals surface area contributed by atoms with E-state index in [1.54, 1.807) is 21.3 Å². The first-order chi connectivity index (χ1) is 11.2. The molecule has 0 heterocycles. The second kappa shape index (κ2) is 10.1. The molecule has 0 saturated heterocycles. The van der Waals surface area contributed by atoms with Crippen LogP contribution >= 0.6 is 12.4 Å². The molecule has 0 saturated carbocycles. The van der Waals surface area contributed by atoms with Gasteiger partial charge in [0, 0.05) is 12.6 Å². The SMILES string of the molecule is COc1cc(CNC(C)Cc2ccccc2)cc(OC)c1OC.Cl. The van der Waals surface area contributed by atoms with Crippen molar-refractivity contribution in [2.75, 3.05) is 21.3 Å². The molecule has 0 aliphatic heterocycles. The van der Waals surface area contributed by atoms with Crippen LogP contribution in [-0.2, 0) is 13.0 Å². The van der Waals surface area contributed by atoms with Gasteiger partial charge >= 0.3 is 0 Å². The number of hydrogen-bond acceptors (Lipinski definition) is 4. The third-order valence-electron chi connectivity index (χ3n) is 3.76. The van der Waals surface area contributed by atoms with Crippen molar-refractivity contribution in [2.45, 2.75) is 25.9 Å². The minimum Gasteiger partial charge on any atom is -0.493 e. The van der Waals surface area contributed by atoms with Crippen molar-refractivity contribution in [3.05, 3.63) is 53.6 Å². The summed E-state index contributed by atoms with van der Waals surface area (Å²) in [6, 6.07) is 14.8. The van der Waals surface area contributed by atoms with Crippen LogP contribution in [0.3, 0.4) is 0 Å². The molecule has 2 aromatic rings. The fourth-order valence-electron chi connectivity index (χ4n) is 2.57. The molecule has 0 aliphatic rings. The van der Waals surface area contributed by atoms with E-state index >= 15 is 0 Å². The van der Waals surface area contributed by atoms with E-state index in [4.69, 9.17) is 14.2 Å². The van der Waals surface area contributed by atoms with Crippen molar-refractivity contribution in [3.8, 4) is 17.2 Å². The van der Waals surface area contributed by atoms with Gasteiger partial charge in [-0.1, -0.05) is 30.3 Å². The second-order valence-electron chi connectivity index (χ2n) is 5.51. The zero-order valence-corrected chi connectivity index (χ0v) is 15.5. The second-order valence-corrected chi connectivity index (χ2v) is 5.51. The van der Waals surface area contributed by atoms with Gasteiger partial charge in [0.1, 0.15) is 0 Å². The minimum atomic E-state index is 0. The Hall–Kier alpha value is -1.91. The maximum absolute atomic E-state index is 5.39. The summed E-state index contributed by atoms with van der Waals surface area (Å²) in [6.07, 6.45) is 0.991. The summed E-state index contributed by atoms with van der Waals surface area (Å²) in [4.78, 5) is 0. The van der Waals surface area contributed by atoms with Gasteiger partial charge in [0.2, 0.25) is 5.75 Å². The van der Waals surface area contributed by atoms with Gasteiger partial charge < -0.3 is 19.5 Å². The fourth-order valence-corrected chi connectivity index (χ4v) is 2.57. The Morgan fingerprint density at radius 2 is 1.46 bits per heavy atom. The number of benzene rings is 2. The van der Waals surface area contributed by atoms with Crippen molar-refractivity contribution in [2.24, 2.45) is 0 Å². The van der Waals surface area contributed by atoms with Crippen molar-refractivity contribution in [1.29, 1.82) is 0 Å².